The van der Waals surface area contributed by atoms with E-state index in [1.54, 1.807) is 0 Å². The molecule has 0 spiro atoms. The van der Waals surface area contributed by atoms with Gasteiger partial charge in [0.1, 0.15) is 17.4 Å². The summed E-state index contributed by atoms with van der Waals surface area (Å²) in [6.45, 7) is 0.103. The highest BCUT2D eigenvalue weighted by molar-refractivity contribution is 6.29. The third kappa shape index (κ3) is 1.74. The molecular weight excluding hydrogens is 186 g/mol. The van der Waals surface area contributed by atoms with E-state index in [0.717, 1.165) is 10.7 Å². The molecule has 2 nitrogen and oxygen atoms in total. The number of rotatable bonds is 2. The lowest BCUT2D eigenvalue weighted by Crippen LogP contribution is -1.98. The molecule has 0 aromatic carbocycles. The quantitative estimate of drug-likeness (QED) is 0.653. The number of halogens is 3. The van der Waals surface area contributed by atoms with Crippen molar-refractivity contribution in [3.8, 4) is 12.3 Å². The second-order valence-corrected chi connectivity index (χ2v) is 2.44. The molecular formula is C7H5ClF2N2. The van der Waals surface area contributed by atoms with Gasteiger partial charge in [-0.05, 0) is 0 Å². The number of hydrogen-bond donors (Lipinski definition) is 0. The van der Waals surface area contributed by atoms with Crippen LogP contribution in [0, 0.1) is 12.3 Å². The van der Waals surface area contributed by atoms with Crippen molar-refractivity contribution in [1.82, 2.24) is 9.78 Å². The average Bonchev–Trinajstić information content (AvgIpc) is 2.34. The van der Waals surface area contributed by atoms with E-state index in [1.807, 2.05) is 0 Å². The van der Waals surface area contributed by atoms with Crippen molar-refractivity contribution in [3.63, 3.8) is 0 Å². The van der Waals surface area contributed by atoms with E-state index in [0.29, 0.717) is 0 Å². The van der Waals surface area contributed by atoms with Crippen LogP contribution in [-0.2, 0) is 6.54 Å². The van der Waals surface area contributed by atoms with E-state index in [2.05, 4.69) is 11.0 Å². The highest BCUT2D eigenvalue weighted by Gasteiger charge is 2.13. The highest BCUT2D eigenvalue weighted by Crippen LogP contribution is 2.20. The first-order chi connectivity index (χ1) is 5.65. The Morgan fingerprint density at radius 3 is 2.83 bits per heavy atom. The third-order valence-corrected chi connectivity index (χ3v) is 1.52. The smallest absolute Gasteiger partial charge is 0.242 e. The summed E-state index contributed by atoms with van der Waals surface area (Å²) in [4.78, 5) is 0. The molecule has 64 valence electrons. The molecule has 0 amide bonds. The van der Waals surface area contributed by atoms with Crippen molar-refractivity contribution < 1.29 is 8.78 Å². The van der Waals surface area contributed by atoms with Crippen LogP contribution < -0.4 is 0 Å². The molecule has 1 aromatic rings. The zero-order valence-corrected chi connectivity index (χ0v) is 6.72. The molecule has 12 heavy (non-hydrogen) atoms. The molecule has 0 saturated heterocycles. The Morgan fingerprint density at radius 1 is 1.75 bits per heavy atom. The summed E-state index contributed by atoms with van der Waals surface area (Å²) in [7, 11) is 0. The second kappa shape index (κ2) is 3.55. The third-order valence-electron chi connectivity index (χ3n) is 1.21. The van der Waals surface area contributed by atoms with Crippen LogP contribution in [0.15, 0.2) is 6.07 Å². The molecule has 5 heteroatoms. The lowest BCUT2D eigenvalue weighted by molar-refractivity contribution is 0.145. The maximum absolute atomic E-state index is 12.0. The minimum atomic E-state index is -2.61. The molecule has 0 aliphatic heterocycles. The topological polar surface area (TPSA) is 17.8 Å². The van der Waals surface area contributed by atoms with Crippen molar-refractivity contribution in [1.29, 1.82) is 0 Å². The van der Waals surface area contributed by atoms with E-state index < -0.39 is 6.43 Å². The zero-order chi connectivity index (χ0) is 9.14. The highest BCUT2D eigenvalue weighted by atomic mass is 35.5. The fourth-order valence-corrected chi connectivity index (χ4v) is 0.926. The molecule has 0 bridgehead atoms. The Morgan fingerprint density at radius 2 is 2.42 bits per heavy atom. The summed E-state index contributed by atoms with van der Waals surface area (Å²) in [6.07, 6.45) is 2.35. The van der Waals surface area contributed by atoms with Gasteiger partial charge in [0.25, 0.3) is 6.43 Å². The summed E-state index contributed by atoms with van der Waals surface area (Å²) in [5.41, 5.74) is -0.352. The monoisotopic (exact) mass is 190 g/mol. The normalized spacial score (nSPS) is 10.2. The van der Waals surface area contributed by atoms with Gasteiger partial charge in [-0.2, -0.15) is 5.10 Å². The van der Waals surface area contributed by atoms with E-state index >= 15 is 0 Å². The Balaban J connectivity index is 2.94. The van der Waals surface area contributed by atoms with Gasteiger partial charge in [0.15, 0.2) is 0 Å². The van der Waals surface area contributed by atoms with E-state index in [4.69, 9.17) is 18.0 Å². The first-order valence-corrected chi connectivity index (χ1v) is 3.48. The van der Waals surface area contributed by atoms with Crippen LogP contribution in [0.25, 0.3) is 0 Å². The van der Waals surface area contributed by atoms with Gasteiger partial charge in [0, 0.05) is 6.07 Å². The van der Waals surface area contributed by atoms with Crippen LogP contribution in [0.1, 0.15) is 12.1 Å². The van der Waals surface area contributed by atoms with Gasteiger partial charge in [-0.25, -0.2) is 13.5 Å². The van der Waals surface area contributed by atoms with Crippen LogP contribution in [0.4, 0.5) is 8.78 Å². The van der Waals surface area contributed by atoms with Crippen LogP contribution in [-0.4, -0.2) is 9.78 Å². The molecule has 0 N–H and O–H groups in total. The fraction of sp³-hybridized carbons (Fsp3) is 0.286. The summed E-state index contributed by atoms with van der Waals surface area (Å²) in [5.74, 6) is 2.25. The second-order valence-electron chi connectivity index (χ2n) is 2.05. The van der Waals surface area contributed by atoms with Gasteiger partial charge in [-0.15, -0.1) is 6.42 Å². The SMILES string of the molecule is C#CCn1nc(C(F)F)cc1Cl. The van der Waals surface area contributed by atoms with Crippen LogP contribution in [0.3, 0.4) is 0 Å². The molecule has 1 aromatic heterocycles. The predicted octanol–water partition coefficient (Wildman–Crippen LogP) is 2.11. The fourth-order valence-electron chi connectivity index (χ4n) is 0.717. The molecule has 0 aliphatic carbocycles. The lowest BCUT2D eigenvalue weighted by Gasteiger charge is -1.94. The summed E-state index contributed by atoms with van der Waals surface area (Å²) < 4.78 is 25.2. The van der Waals surface area contributed by atoms with Crippen molar-refractivity contribution in [2.45, 2.75) is 13.0 Å². The Bertz CT molecular complexity index is 314. The summed E-state index contributed by atoms with van der Waals surface area (Å²) in [5, 5.41) is 3.62. The minimum absolute atomic E-state index is 0.103. The first kappa shape index (κ1) is 9.01. The molecule has 0 aliphatic rings. The molecule has 0 fully saturated rings. The van der Waals surface area contributed by atoms with Gasteiger partial charge in [-0.1, -0.05) is 17.5 Å². The minimum Gasteiger partial charge on any atom is -0.242 e. The van der Waals surface area contributed by atoms with Gasteiger partial charge in [0.05, 0.1) is 0 Å². The van der Waals surface area contributed by atoms with Gasteiger partial charge >= 0.3 is 0 Å². The number of nitrogens with zero attached hydrogens (tertiary/aromatic N) is 2. The van der Waals surface area contributed by atoms with Crippen molar-refractivity contribution >= 4 is 11.6 Å². The van der Waals surface area contributed by atoms with Crippen molar-refractivity contribution in [3.05, 3.63) is 16.9 Å². The number of hydrogen-bond acceptors (Lipinski definition) is 1. The van der Waals surface area contributed by atoms with Crippen LogP contribution in [0.5, 0.6) is 0 Å². The Kier molecular flexibility index (Phi) is 2.66. The van der Waals surface area contributed by atoms with Crippen LogP contribution >= 0.6 is 11.6 Å². The van der Waals surface area contributed by atoms with Crippen molar-refractivity contribution in [2.75, 3.05) is 0 Å². The predicted molar refractivity (Wildman–Crippen MR) is 41.0 cm³/mol. The number of alkyl halides is 2. The van der Waals surface area contributed by atoms with Gasteiger partial charge < -0.3 is 0 Å². The first-order valence-electron chi connectivity index (χ1n) is 3.10. The molecule has 0 saturated carbocycles. The van der Waals surface area contributed by atoms with E-state index in [1.165, 1.54) is 0 Å². The van der Waals surface area contributed by atoms with Crippen LogP contribution in [0.2, 0.25) is 5.15 Å². The molecule has 0 radical (unpaired) electrons. The Labute approximate surface area is 73.1 Å². The molecule has 1 heterocycles. The summed E-state index contributed by atoms with van der Waals surface area (Å²) in [6, 6.07) is 1.10. The Hall–Kier alpha value is -1.08. The van der Waals surface area contributed by atoms with Gasteiger partial charge in [-0.3, -0.25) is 0 Å². The van der Waals surface area contributed by atoms with Crippen molar-refractivity contribution in [2.24, 2.45) is 0 Å². The van der Waals surface area contributed by atoms with E-state index in [-0.39, 0.29) is 17.4 Å². The largest absolute Gasteiger partial charge is 0.282 e. The molecule has 0 unspecified atom stereocenters. The standard InChI is InChI=1S/C7H5ClF2N2/c1-2-3-12-6(8)4-5(11-12)7(9)10/h1,4,7H,3H2. The maximum Gasteiger partial charge on any atom is 0.282 e. The average molecular weight is 191 g/mol. The number of terminal acetylenes is 1. The van der Waals surface area contributed by atoms with E-state index in [9.17, 15) is 8.78 Å². The maximum atomic E-state index is 12.0. The molecule has 1 rings (SSSR count). The van der Waals surface area contributed by atoms with Gasteiger partial charge in [0.2, 0.25) is 0 Å². The number of aromatic nitrogens is 2. The summed E-state index contributed by atoms with van der Waals surface area (Å²) >= 11 is 5.54. The lowest BCUT2D eigenvalue weighted by atomic mass is 10.5. The molecule has 0 atom stereocenters. The zero-order valence-electron chi connectivity index (χ0n) is 5.97.